The van der Waals surface area contributed by atoms with Crippen LogP contribution in [0.15, 0.2) is 0 Å². The molecule has 0 amide bonds. The van der Waals surface area contributed by atoms with E-state index in [4.69, 9.17) is 25.1 Å². The molecule has 0 bridgehead atoms. The van der Waals surface area contributed by atoms with Crippen LogP contribution in [0, 0.1) is 5.92 Å². The standard InChI is InChI=1S/C9H16O3.C2H6.H2O2/c10-6-3-8-1-4-9(5-2-8)11-7-12-9;2*1-2/h8,10H,1-7H2;1-2H3;1-2H. The normalized spacial score (nSPS) is 22.3. The summed E-state index contributed by atoms with van der Waals surface area (Å²) < 4.78 is 10.8. The van der Waals surface area contributed by atoms with Crippen molar-refractivity contribution in [1.29, 1.82) is 0 Å². The van der Waals surface area contributed by atoms with E-state index in [-0.39, 0.29) is 5.79 Å². The van der Waals surface area contributed by atoms with Gasteiger partial charge in [-0.15, -0.1) is 0 Å². The van der Waals surface area contributed by atoms with Crippen LogP contribution in [0.3, 0.4) is 0 Å². The van der Waals surface area contributed by atoms with E-state index in [0.29, 0.717) is 19.3 Å². The smallest absolute Gasteiger partial charge is 0.174 e. The molecule has 0 aromatic rings. The Morgan fingerprint density at radius 1 is 1.12 bits per heavy atom. The van der Waals surface area contributed by atoms with Gasteiger partial charge in [-0.2, -0.15) is 0 Å². The van der Waals surface area contributed by atoms with Crippen LogP contribution in [0.1, 0.15) is 46.0 Å². The average Bonchev–Trinajstić information content (AvgIpc) is 2.34. The third kappa shape index (κ3) is 4.35. The largest absolute Gasteiger partial charge is 0.396 e. The molecule has 98 valence electrons. The summed E-state index contributed by atoms with van der Waals surface area (Å²) in [6.45, 7) is 4.80. The number of aliphatic hydroxyl groups excluding tert-OH is 1. The van der Waals surface area contributed by atoms with Crippen molar-refractivity contribution < 1.29 is 25.1 Å². The van der Waals surface area contributed by atoms with Gasteiger partial charge in [0.15, 0.2) is 12.6 Å². The Morgan fingerprint density at radius 2 is 1.62 bits per heavy atom. The second-order valence-corrected chi connectivity index (χ2v) is 3.77. The number of ether oxygens (including phenoxy) is 2. The van der Waals surface area contributed by atoms with Gasteiger partial charge in [0.1, 0.15) is 0 Å². The predicted octanol–water partition coefficient (Wildman–Crippen LogP) is 2.30. The molecule has 0 unspecified atom stereocenters. The lowest BCUT2D eigenvalue weighted by Crippen LogP contribution is -2.49. The summed E-state index contributed by atoms with van der Waals surface area (Å²) in [4.78, 5) is 0. The van der Waals surface area contributed by atoms with Gasteiger partial charge in [0.2, 0.25) is 0 Å². The molecule has 1 aliphatic carbocycles. The Balaban J connectivity index is 0.000000509. The number of hydrogen-bond donors (Lipinski definition) is 3. The minimum atomic E-state index is -0.202. The highest BCUT2D eigenvalue weighted by atomic mass is 17.0. The Morgan fingerprint density at radius 3 is 1.94 bits per heavy atom. The maximum absolute atomic E-state index is 8.76. The van der Waals surface area contributed by atoms with Crippen molar-refractivity contribution in [3.8, 4) is 0 Å². The summed E-state index contributed by atoms with van der Waals surface area (Å²) >= 11 is 0. The maximum Gasteiger partial charge on any atom is 0.174 e. The molecule has 0 atom stereocenters. The van der Waals surface area contributed by atoms with Gasteiger partial charge in [-0.3, -0.25) is 10.5 Å². The van der Waals surface area contributed by atoms with E-state index in [9.17, 15) is 0 Å². The van der Waals surface area contributed by atoms with E-state index >= 15 is 0 Å². The van der Waals surface area contributed by atoms with Crippen molar-refractivity contribution in [1.82, 2.24) is 0 Å². The molecule has 5 nitrogen and oxygen atoms in total. The first-order valence-corrected chi connectivity index (χ1v) is 5.93. The maximum atomic E-state index is 8.76. The molecule has 2 rings (SSSR count). The molecule has 2 fully saturated rings. The minimum Gasteiger partial charge on any atom is -0.396 e. The van der Waals surface area contributed by atoms with Crippen LogP contribution in [0.25, 0.3) is 0 Å². The first kappa shape index (κ1) is 15.8. The molecule has 0 aromatic heterocycles. The zero-order valence-electron chi connectivity index (χ0n) is 10.2. The minimum absolute atomic E-state index is 0.202. The summed E-state index contributed by atoms with van der Waals surface area (Å²) in [6, 6.07) is 0. The SMILES string of the molecule is CC.OCCC1CCC2(CC1)OCO2.OO. The summed E-state index contributed by atoms with van der Waals surface area (Å²) in [7, 11) is 0. The molecule has 1 saturated carbocycles. The molecule has 1 heterocycles. The van der Waals surface area contributed by atoms with E-state index < -0.39 is 0 Å². The van der Waals surface area contributed by atoms with Crippen molar-refractivity contribution in [2.24, 2.45) is 5.92 Å². The Hall–Kier alpha value is -0.200. The third-order valence-electron chi connectivity index (χ3n) is 3.05. The lowest BCUT2D eigenvalue weighted by Gasteiger charge is -2.45. The van der Waals surface area contributed by atoms with Gasteiger partial charge in [-0.1, -0.05) is 13.8 Å². The summed E-state index contributed by atoms with van der Waals surface area (Å²) in [6.07, 6.45) is 5.24. The van der Waals surface area contributed by atoms with Crippen molar-refractivity contribution >= 4 is 0 Å². The molecular formula is C11H24O5. The van der Waals surface area contributed by atoms with Crippen LogP contribution in [0.4, 0.5) is 0 Å². The molecule has 1 saturated heterocycles. The van der Waals surface area contributed by atoms with E-state index in [2.05, 4.69) is 0 Å². The Labute approximate surface area is 96.9 Å². The molecule has 1 aliphatic heterocycles. The van der Waals surface area contributed by atoms with E-state index in [0.717, 1.165) is 32.1 Å². The highest BCUT2D eigenvalue weighted by molar-refractivity contribution is 4.82. The van der Waals surface area contributed by atoms with Crippen LogP contribution < -0.4 is 0 Å². The number of aliphatic hydroxyl groups is 1. The molecule has 3 N–H and O–H groups in total. The summed E-state index contributed by atoms with van der Waals surface area (Å²) in [5.74, 6) is 0.486. The topological polar surface area (TPSA) is 79.2 Å². The monoisotopic (exact) mass is 236 g/mol. The van der Waals surface area contributed by atoms with Crippen LogP contribution in [-0.2, 0) is 9.47 Å². The van der Waals surface area contributed by atoms with Gasteiger partial charge in [0, 0.05) is 19.4 Å². The molecule has 16 heavy (non-hydrogen) atoms. The molecular weight excluding hydrogens is 212 g/mol. The van der Waals surface area contributed by atoms with Gasteiger partial charge >= 0.3 is 0 Å². The van der Waals surface area contributed by atoms with Gasteiger partial charge in [0.25, 0.3) is 0 Å². The lowest BCUT2D eigenvalue weighted by molar-refractivity contribution is -0.408. The van der Waals surface area contributed by atoms with Crippen LogP contribution in [-0.4, -0.2) is 34.8 Å². The van der Waals surface area contributed by atoms with Crippen LogP contribution in [0.2, 0.25) is 0 Å². The van der Waals surface area contributed by atoms with Crippen molar-refractivity contribution in [2.45, 2.75) is 51.7 Å². The number of hydrogen-bond acceptors (Lipinski definition) is 5. The molecule has 5 heteroatoms. The second kappa shape index (κ2) is 8.90. The van der Waals surface area contributed by atoms with Crippen molar-refractivity contribution in [3.63, 3.8) is 0 Å². The fraction of sp³-hybridized carbons (Fsp3) is 1.00. The van der Waals surface area contributed by atoms with Crippen molar-refractivity contribution in [2.75, 3.05) is 13.4 Å². The fourth-order valence-electron chi connectivity index (χ4n) is 2.10. The lowest BCUT2D eigenvalue weighted by atomic mass is 9.83. The first-order valence-electron chi connectivity index (χ1n) is 5.93. The van der Waals surface area contributed by atoms with Gasteiger partial charge in [-0.05, 0) is 25.2 Å². The third-order valence-corrected chi connectivity index (χ3v) is 3.05. The van der Waals surface area contributed by atoms with E-state index in [1.165, 1.54) is 0 Å². The van der Waals surface area contributed by atoms with Crippen LogP contribution >= 0.6 is 0 Å². The quantitative estimate of drug-likeness (QED) is 0.506. The van der Waals surface area contributed by atoms with Gasteiger partial charge in [0.05, 0.1) is 0 Å². The Bertz CT molecular complexity index is 148. The molecule has 0 radical (unpaired) electrons. The van der Waals surface area contributed by atoms with Gasteiger partial charge in [-0.25, -0.2) is 0 Å². The highest BCUT2D eigenvalue weighted by Crippen LogP contribution is 2.41. The zero-order valence-corrected chi connectivity index (χ0v) is 10.2. The van der Waals surface area contributed by atoms with Crippen molar-refractivity contribution in [3.05, 3.63) is 0 Å². The Kier molecular flexibility index (Phi) is 8.78. The molecule has 2 aliphatic rings. The summed E-state index contributed by atoms with van der Waals surface area (Å²) in [5, 5.41) is 20.8. The zero-order chi connectivity index (χ0) is 12.4. The highest BCUT2D eigenvalue weighted by Gasteiger charge is 2.42. The second-order valence-electron chi connectivity index (χ2n) is 3.77. The average molecular weight is 236 g/mol. The van der Waals surface area contributed by atoms with Crippen LogP contribution in [0.5, 0.6) is 0 Å². The van der Waals surface area contributed by atoms with Gasteiger partial charge < -0.3 is 14.6 Å². The number of rotatable bonds is 2. The molecule has 0 aromatic carbocycles. The predicted molar refractivity (Wildman–Crippen MR) is 60.0 cm³/mol. The molecule has 1 spiro atoms. The van der Waals surface area contributed by atoms with E-state index in [1.807, 2.05) is 13.8 Å². The fourth-order valence-corrected chi connectivity index (χ4v) is 2.10. The first-order chi connectivity index (χ1) is 7.85. The summed E-state index contributed by atoms with van der Waals surface area (Å²) in [5.41, 5.74) is 0. The van der Waals surface area contributed by atoms with E-state index in [1.54, 1.807) is 0 Å².